The molecule has 1 aliphatic rings. The van der Waals surface area contributed by atoms with Gasteiger partial charge in [-0.1, -0.05) is 12.1 Å². The van der Waals surface area contributed by atoms with Gasteiger partial charge in [0.25, 0.3) is 0 Å². The Morgan fingerprint density at radius 1 is 1.32 bits per heavy atom. The van der Waals surface area contributed by atoms with Crippen molar-refractivity contribution >= 4 is 41.7 Å². The van der Waals surface area contributed by atoms with E-state index in [1.807, 2.05) is 57.0 Å². The van der Waals surface area contributed by atoms with Crippen LogP contribution in [0.3, 0.4) is 0 Å². The lowest BCUT2D eigenvalue weighted by Crippen LogP contribution is -2.35. The zero-order valence-corrected chi connectivity index (χ0v) is 17.7. The number of ether oxygens (including phenoxy) is 1. The Balaban J connectivity index is 0.00000312. The average Bonchev–Trinajstić information content (AvgIpc) is 3.30. The first-order valence-corrected chi connectivity index (χ1v) is 8.36. The summed E-state index contributed by atoms with van der Waals surface area (Å²) in [6.45, 7) is 6.16. The summed E-state index contributed by atoms with van der Waals surface area (Å²) in [5.74, 6) is 0.612. The minimum Gasteiger partial charge on any atom is -0.444 e. The van der Waals surface area contributed by atoms with Crippen molar-refractivity contribution in [3.05, 3.63) is 29.8 Å². The Bertz CT molecular complexity index is 592. The Morgan fingerprint density at radius 3 is 2.44 bits per heavy atom. The number of hydrogen-bond donors (Lipinski definition) is 2. The van der Waals surface area contributed by atoms with Gasteiger partial charge >= 0.3 is 6.09 Å². The number of carbonyl (C=O) groups excluding carboxylic acids is 1. The maximum absolute atomic E-state index is 11.7. The largest absolute Gasteiger partial charge is 0.444 e. The molecule has 0 unspecified atom stereocenters. The zero-order chi connectivity index (χ0) is 17.7. The van der Waals surface area contributed by atoms with E-state index in [1.54, 1.807) is 0 Å². The number of hydrogen-bond acceptors (Lipinski definition) is 3. The van der Waals surface area contributed by atoms with E-state index in [9.17, 15) is 4.79 Å². The van der Waals surface area contributed by atoms with Gasteiger partial charge in [-0.2, -0.15) is 0 Å². The number of nitrogens with one attached hydrogen (secondary N) is 1. The standard InChI is InChI=1S/C18H28N4O2.HI/c1-18(2,3)24-17(23)21-14-7-5-13(6-8-14)11-12-20-16(19)22(4)15-9-10-15;/h5-8,15H,9-12H2,1-4H3,(H2,19,20)(H,21,23);1H. The van der Waals surface area contributed by atoms with Gasteiger partial charge in [0.1, 0.15) is 5.60 Å². The maximum Gasteiger partial charge on any atom is 0.412 e. The molecule has 1 aromatic carbocycles. The van der Waals surface area contributed by atoms with Crippen LogP contribution in [0.1, 0.15) is 39.2 Å². The molecule has 0 aromatic heterocycles. The summed E-state index contributed by atoms with van der Waals surface area (Å²) < 4.78 is 5.22. The van der Waals surface area contributed by atoms with Gasteiger partial charge in [-0.15, -0.1) is 24.0 Å². The summed E-state index contributed by atoms with van der Waals surface area (Å²) in [5.41, 5.74) is 7.32. The van der Waals surface area contributed by atoms with E-state index in [2.05, 4.69) is 10.3 Å². The minimum atomic E-state index is -0.504. The van der Waals surface area contributed by atoms with E-state index in [-0.39, 0.29) is 24.0 Å². The molecular formula is C18H29IN4O2. The smallest absolute Gasteiger partial charge is 0.412 e. The van der Waals surface area contributed by atoms with Crippen LogP contribution in [0, 0.1) is 0 Å². The van der Waals surface area contributed by atoms with E-state index >= 15 is 0 Å². The molecule has 1 amide bonds. The van der Waals surface area contributed by atoms with Crippen LogP contribution < -0.4 is 11.1 Å². The van der Waals surface area contributed by atoms with Crippen LogP contribution in [0.2, 0.25) is 0 Å². The van der Waals surface area contributed by atoms with Crippen molar-refractivity contribution in [2.45, 2.75) is 51.7 Å². The van der Waals surface area contributed by atoms with Gasteiger partial charge in [-0.3, -0.25) is 10.3 Å². The van der Waals surface area contributed by atoms with Crippen molar-refractivity contribution in [2.24, 2.45) is 10.7 Å². The summed E-state index contributed by atoms with van der Waals surface area (Å²) in [4.78, 5) is 18.2. The van der Waals surface area contributed by atoms with Crippen LogP contribution in [0.15, 0.2) is 29.3 Å². The van der Waals surface area contributed by atoms with Gasteiger partial charge in [0.05, 0.1) is 0 Å². The Hall–Kier alpha value is -1.51. The third-order valence-electron chi connectivity index (χ3n) is 3.73. The predicted molar refractivity (Wildman–Crippen MR) is 113 cm³/mol. The lowest BCUT2D eigenvalue weighted by Gasteiger charge is -2.19. The second kappa shape index (κ2) is 9.26. The van der Waals surface area contributed by atoms with Crippen molar-refractivity contribution in [1.82, 2.24) is 4.90 Å². The minimum absolute atomic E-state index is 0. The fourth-order valence-electron chi connectivity index (χ4n) is 2.24. The SMILES string of the molecule is CN(C(N)=NCCc1ccc(NC(=O)OC(C)(C)C)cc1)C1CC1.I. The first-order valence-electron chi connectivity index (χ1n) is 8.36. The van der Waals surface area contributed by atoms with Gasteiger partial charge in [-0.05, 0) is 57.7 Å². The zero-order valence-electron chi connectivity index (χ0n) is 15.4. The average molecular weight is 460 g/mol. The van der Waals surface area contributed by atoms with Crippen molar-refractivity contribution in [3.63, 3.8) is 0 Å². The fourth-order valence-corrected chi connectivity index (χ4v) is 2.24. The van der Waals surface area contributed by atoms with Crippen molar-refractivity contribution < 1.29 is 9.53 Å². The molecule has 1 aliphatic carbocycles. The molecule has 0 heterocycles. The fraction of sp³-hybridized carbons (Fsp3) is 0.556. The Labute approximate surface area is 167 Å². The van der Waals surface area contributed by atoms with Crippen LogP contribution in [0.5, 0.6) is 0 Å². The Morgan fingerprint density at radius 2 is 1.92 bits per heavy atom. The number of aliphatic imine (C=N–C) groups is 1. The van der Waals surface area contributed by atoms with Crippen LogP contribution in [-0.4, -0.2) is 42.2 Å². The molecule has 0 saturated heterocycles. The first-order chi connectivity index (χ1) is 11.2. The molecular weight excluding hydrogens is 431 g/mol. The molecule has 6 nitrogen and oxygen atoms in total. The van der Waals surface area contributed by atoms with Gasteiger partial charge in [0, 0.05) is 25.3 Å². The predicted octanol–water partition coefficient (Wildman–Crippen LogP) is 3.60. The lowest BCUT2D eigenvalue weighted by atomic mass is 10.1. The van der Waals surface area contributed by atoms with Gasteiger partial charge < -0.3 is 15.4 Å². The van der Waals surface area contributed by atoms with E-state index in [0.717, 1.165) is 12.0 Å². The highest BCUT2D eigenvalue weighted by molar-refractivity contribution is 14.0. The molecule has 0 spiro atoms. The molecule has 0 atom stereocenters. The van der Waals surface area contributed by atoms with Crippen LogP contribution in [0.25, 0.3) is 0 Å². The molecule has 0 bridgehead atoms. The summed E-state index contributed by atoms with van der Waals surface area (Å²) in [6.07, 6.45) is 2.78. The van der Waals surface area contributed by atoms with Crippen molar-refractivity contribution in [3.8, 4) is 0 Å². The van der Waals surface area contributed by atoms with E-state index in [0.29, 0.717) is 24.2 Å². The molecule has 0 aliphatic heterocycles. The monoisotopic (exact) mass is 460 g/mol. The van der Waals surface area contributed by atoms with Crippen LogP contribution in [-0.2, 0) is 11.2 Å². The van der Waals surface area contributed by atoms with Gasteiger partial charge in [-0.25, -0.2) is 4.79 Å². The second-order valence-corrected chi connectivity index (χ2v) is 7.16. The maximum atomic E-state index is 11.7. The molecule has 7 heteroatoms. The highest BCUT2D eigenvalue weighted by atomic mass is 127. The van der Waals surface area contributed by atoms with Gasteiger partial charge in [0.15, 0.2) is 5.96 Å². The molecule has 1 saturated carbocycles. The third kappa shape index (κ3) is 7.94. The molecule has 1 fully saturated rings. The number of amides is 1. The topological polar surface area (TPSA) is 80.0 Å². The molecule has 2 rings (SSSR count). The quantitative estimate of drug-likeness (QED) is 0.400. The normalized spacial score (nSPS) is 14.5. The number of nitrogens with zero attached hydrogens (tertiary/aromatic N) is 2. The lowest BCUT2D eigenvalue weighted by molar-refractivity contribution is 0.0636. The third-order valence-corrected chi connectivity index (χ3v) is 3.73. The number of nitrogens with two attached hydrogens (primary N) is 1. The number of benzene rings is 1. The van der Waals surface area contributed by atoms with Gasteiger partial charge in [0.2, 0.25) is 0 Å². The molecule has 3 N–H and O–H groups in total. The summed E-state index contributed by atoms with van der Waals surface area (Å²) in [5, 5.41) is 2.72. The number of halogens is 1. The summed E-state index contributed by atoms with van der Waals surface area (Å²) in [7, 11) is 1.99. The van der Waals surface area contributed by atoms with Crippen LogP contribution >= 0.6 is 24.0 Å². The second-order valence-electron chi connectivity index (χ2n) is 7.16. The van der Waals surface area contributed by atoms with E-state index in [4.69, 9.17) is 10.5 Å². The van der Waals surface area contributed by atoms with Crippen molar-refractivity contribution in [1.29, 1.82) is 0 Å². The Kier molecular flexibility index (Phi) is 7.98. The number of guanidine groups is 1. The highest BCUT2D eigenvalue weighted by Gasteiger charge is 2.27. The number of anilines is 1. The van der Waals surface area contributed by atoms with Crippen LogP contribution in [0.4, 0.5) is 10.5 Å². The number of carbonyl (C=O) groups is 1. The molecule has 25 heavy (non-hydrogen) atoms. The molecule has 1 aromatic rings. The van der Waals surface area contributed by atoms with Crippen molar-refractivity contribution in [2.75, 3.05) is 18.9 Å². The molecule has 0 radical (unpaired) electrons. The number of rotatable bonds is 5. The first kappa shape index (κ1) is 21.5. The summed E-state index contributed by atoms with van der Waals surface area (Å²) >= 11 is 0. The van der Waals surface area contributed by atoms with E-state index in [1.165, 1.54) is 12.8 Å². The highest BCUT2D eigenvalue weighted by Crippen LogP contribution is 2.24. The summed E-state index contributed by atoms with van der Waals surface area (Å²) in [6, 6.07) is 8.25. The molecule has 140 valence electrons. The van der Waals surface area contributed by atoms with E-state index < -0.39 is 11.7 Å².